The molecule has 1 N–H and O–H groups in total. The topological polar surface area (TPSA) is 108 Å². The molecule has 10 heteroatoms. The molecule has 352 valence electrons. The average Bonchev–Trinajstić information content (AvgIpc) is 3.19. The second-order valence-corrected chi connectivity index (χ2v) is 20.0. The average molecular weight is 861 g/mol. The van der Waals surface area contributed by atoms with E-state index in [4.69, 9.17) is 18.5 Å². The summed E-state index contributed by atoms with van der Waals surface area (Å²) in [4.78, 5) is 35.5. The summed E-state index contributed by atoms with van der Waals surface area (Å²) in [6.45, 7) is 4.49. The van der Waals surface area contributed by atoms with Gasteiger partial charge in [0.05, 0.1) is 27.7 Å². The minimum absolute atomic E-state index is 0.0371. The third kappa shape index (κ3) is 46.3. The fraction of sp³-hybridized carbons (Fsp3) is 0.959. The lowest BCUT2D eigenvalue weighted by Gasteiger charge is -2.24. The maximum Gasteiger partial charge on any atom is 0.472 e. The molecule has 0 spiro atoms. The van der Waals surface area contributed by atoms with E-state index in [0.29, 0.717) is 17.4 Å². The summed E-state index contributed by atoms with van der Waals surface area (Å²) in [6.07, 6.45) is 44.3. The van der Waals surface area contributed by atoms with Crippen molar-refractivity contribution in [3.05, 3.63) is 0 Å². The zero-order valence-electron chi connectivity index (χ0n) is 39.8. The van der Waals surface area contributed by atoms with Gasteiger partial charge in [-0.1, -0.05) is 226 Å². The fourth-order valence-corrected chi connectivity index (χ4v) is 8.17. The molecule has 0 aromatic rings. The molecule has 0 aliphatic rings. The molecule has 0 fully saturated rings. The van der Waals surface area contributed by atoms with Crippen molar-refractivity contribution in [2.45, 2.75) is 258 Å². The Morgan fingerprint density at radius 1 is 0.458 bits per heavy atom. The lowest BCUT2D eigenvalue weighted by Crippen LogP contribution is -2.37. The summed E-state index contributed by atoms with van der Waals surface area (Å²) >= 11 is 0. The first-order valence-corrected chi connectivity index (χ1v) is 26.8. The van der Waals surface area contributed by atoms with Crippen LogP contribution in [0.1, 0.15) is 251 Å². The number of hydrogen-bond acceptors (Lipinski definition) is 7. The lowest BCUT2D eigenvalue weighted by atomic mass is 10.0. The molecule has 0 saturated carbocycles. The maximum absolute atomic E-state index is 12.7. The number of phosphoric acid groups is 1. The van der Waals surface area contributed by atoms with Crippen LogP contribution in [0.3, 0.4) is 0 Å². The van der Waals surface area contributed by atoms with Crippen molar-refractivity contribution in [1.82, 2.24) is 0 Å². The van der Waals surface area contributed by atoms with Crippen LogP contribution in [-0.2, 0) is 32.7 Å². The number of quaternary nitrogens is 1. The summed E-state index contributed by atoms with van der Waals surface area (Å²) in [5, 5.41) is 0. The molecule has 1 unspecified atom stereocenters. The molecular weight excluding hydrogens is 762 g/mol. The van der Waals surface area contributed by atoms with Crippen LogP contribution in [-0.4, -0.2) is 74.9 Å². The molecule has 0 aliphatic carbocycles. The third-order valence-electron chi connectivity index (χ3n) is 11.4. The largest absolute Gasteiger partial charge is 0.472 e. The summed E-state index contributed by atoms with van der Waals surface area (Å²) < 4.78 is 34.5. The number of carbonyl (C=O) groups excluding carboxylic acids is 2. The van der Waals surface area contributed by atoms with Gasteiger partial charge in [-0.15, -0.1) is 0 Å². The number of esters is 2. The van der Waals surface area contributed by atoms with E-state index in [-0.39, 0.29) is 25.6 Å². The van der Waals surface area contributed by atoms with Gasteiger partial charge in [0.15, 0.2) is 6.10 Å². The van der Waals surface area contributed by atoms with Crippen molar-refractivity contribution in [3.63, 3.8) is 0 Å². The Bertz CT molecular complexity index is 974. The van der Waals surface area contributed by atoms with Gasteiger partial charge < -0.3 is 18.9 Å². The summed E-state index contributed by atoms with van der Waals surface area (Å²) in [5.41, 5.74) is 0. The van der Waals surface area contributed by atoms with Crippen LogP contribution >= 0.6 is 7.82 Å². The summed E-state index contributed by atoms with van der Waals surface area (Å²) in [7, 11) is 1.50. The number of rotatable bonds is 47. The van der Waals surface area contributed by atoms with Crippen molar-refractivity contribution in [2.24, 2.45) is 0 Å². The summed E-state index contributed by atoms with van der Waals surface area (Å²) in [5.74, 6) is -0.778. The van der Waals surface area contributed by atoms with Gasteiger partial charge in [0.25, 0.3) is 0 Å². The van der Waals surface area contributed by atoms with E-state index in [1.165, 1.54) is 186 Å². The fourth-order valence-electron chi connectivity index (χ4n) is 7.43. The molecule has 2 atom stereocenters. The van der Waals surface area contributed by atoms with Crippen molar-refractivity contribution < 1.29 is 42.1 Å². The van der Waals surface area contributed by atoms with Crippen molar-refractivity contribution in [3.8, 4) is 0 Å². The van der Waals surface area contributed by atoms with Crippen LogP contribution in [0.25, 0.3) is 0 Å². The molecule has 0 aliphatic heterocycles. The zero-order valence-corrected chi connectivity index (χ0v) is 40.7. The highest BCUT2D eigenvalue weighted by molar-refractivity contribution is 7.47. The maximum atomic E-state index is 12.7. The van der Waals surface area contributed by atoms with Crippen LogP contribution in [0.4, 0.5) is 0 Å². The molecule has 0 heterocycles. The van der Waals surface area contributed by atoms with Gasteiger partial charge in [-0.3, -0.25) is 18.6 Å². The quantitative estimate of drug-likeness (QED) is 0.0279. The Labute approximate surface area is 365 Å². The number of phosphoric ester groups is 1. The second-order valence-electron chi connectivity index (χ2n) is 18.6. The van der Waals surface area contributed by atoms with E-state index in [9.17, 15) is 19.0 Å². The first kappa shape index (κ1) is 58.0. The SMILES string of the molecule is CCCCCCCCCCCCCCCCCCCCC(=O)O[C@H](COC(=O)CCCCCCCCCCCCCCCCCCC)COP(=O)(O)OCC[N+](C)(C)C. The first-order valence-electron chi connectivity index (χ1n) is 25.3. The standard InChI is InChI=1S/C49H98NO8P/c1-6-8-10-12-14-16-18-20-22-24-26-28-30-32-34-36-38-40-42-49(52)58-47(46-57-59(53,54)56-44-43-50(3,4)5)45-55-48(51)41-39-37-35-33-31-29-27-25-23-21-19-17-15-13-11-9-7-2/h47H,6-46H2,1-5H3/p+1/t47-/m1/s1. The molecule has 9 nitrogen and oxygen atoms in total. The predicted molar refractivity (Wildman–Crippen MR) is 248 cm³/mol. The number of nitrogens with zero attached hydrogens (tertiary/aromatic N) is 1. The van der Waals surface area contributed by atoms with Crippen molar-refractivity contribution >= 4 is 19.8 Å². The second kappa shape index (κ2) is 42.3. The molecule has 0 aromatic heterocycles. The molecule has 0 radical (unpaired) electrons. The van der Waals surface area contributed by atoms with E-state index >= 15 is 0 Å². The lowest BCUT2D eigenvalue weighted by molar-refractivity contribution is -0.870. The van der Waals surface area contributed by atoms with Crippen molar-refractivity contribution in [2.75, 3.05) is 47.5 Å². The number of ether oxygens (including phenoxy) is 2. The Balaban J connectivity index is 4.22. The number of likely N-dealkylation sites (N-methyl/N-ethyl adjacent to an activating group) is 1. The molecule has 0 amide bonds. The van der Waals surface area contributed by atoms with E-state index < -0.39 is 26.5 Å². The van der Waals surface area contributed by atoms with Gasteiger partial charge in [0.1, 0.15) is 19.8 Å². The van der Waals surface area contributed by atoms with Gasteiger partial charge in [-0.25, -0.2) is 4.57 Å². The van der Waals surface area contributed by atoms with Crippen LogP contribution in [0.2, 0.25) is 0 Å². The normalized spacial score (nSPS) is 13.4. The van der Waals surface area contributed by atoms with Crippen LogP contribution < -0.4 is 0 Å². The zero-order chi connectivity index (χ0) is 43.6. The van der Waals surface area contributed by atoms with E-state index in [0.717, 1.165) is 38.5 Å². The van der Waals surface area contributed by atoms with Gasteiger partial charge >= 0.3 is 19.8 Å². The molecule has 0 bridgehead atoms. The molecule has 0 saturated heterocycles. The van der Waals surface area contributed by atoms with Crippen LogP contribution in [0, 0.1) is 0 Å². The molecule has 59 heavy (non-hydrogen) atoms. The molecule has 0 aromatic carbocycles. The molecule has 0 rings (SSSR count). The Hall–Kier alpha value is -0.990. The third-order valence-corrected chi connectivity index (χ3v) is 12.4. The van der Waals surface area contributed by atoms with E-state index in [1.54, 1.807) is 0 Å². The van der Waals surface area contributed by atoms with Gasteiger partial charge in [0.2, 0.25) is 0 Å². The van der Waals surface area contributed by atoms with E-state index in [1.807, 2.05) is 21.1 Å². The highest BCUT2D eigenvalue weighted by Gasteiger charge is 2.27. The number of hydrogen-bond donors (Lipinski definition) is 1. The number of carbonyl (C=O) groups is 2. The Morgan fingerprint density at radius 3 is 1.08 bits per heavy atom. The van der Waals surface area contributed by atoms with Crippen molar-refractivity contribution in [1.29, 1.82) is 0 Å². The first-order chi connectivity index (χ1) is 28.5. The number of unbranched alkanes of at least 4 members (excludes halogenated alkanes) is 33. The van der Waals surface area contributed by atoms with Gasteiger partial charge in [-0.2, -0.15) is 0 Å². The van der Waals surface area contributed by atoms with Gasteiger partial charge in [-0.05, 0) is 12.8 Å². The Morgan fingerprint density at radius 2 is 0.763 bits per heavy atom. The molecular formula is C49H99NO8P+. The monoisotopic (exact) mass is 861 g/mol. The minimum Gasteiger partial charge on any atom is -0.462 e. The van der Waals surface area contributed by atoms with Gasteiger partial charge in [0, 0.05) is 12.8 Å². The van der Waals surface area contributed by atoms with Crippen LogP contribution in [0.15, 0.2) is 0 Å². The summed E-state index contributed by atoms with van der Waals surface area (Å²) in [6, 6.07) is 0. The highest BCUT2D eigenvalue weighted by Crippen LogP contribution is 2.43. The van der Waals surface area contributed by atoms with E-state index in [2.05, 4.69) is 13.8 Å². The smallest absolute Gasteiger partial charge is 0.462 e. The Kier molecular flexibility index (Phi) is 41.6. The predicted octanol–water partition coefficient (Wildman–Crippen LogP) is 14.8. The van der Waals surface area contributed by atoms with Crippen LogP contribution in [0.5, 0.6) is 0 Å². The minimum atomic E-state index is -4.37. The highest BCUT2D eigenvalue weighted by atomic mass is 31.2.